The number of fused-ring (bicyclic) bond motifs is 1. The van der Waals surface area contributed by atoms with Gasteiger partial charge in [0.05, 0.1) is 24.5 Å². The molecule has 0 spiro atoms. The van der Waals surface area contributed by atoms with Crippen molar-refractivity contribution in [2.45, 2.75) is 58.2 Å². The van der Waals surface area contributed by atoms with Crippen molar-refractivity contribution >= 4 is 11.5 Å². The van der Waals surface area contributed by atoms with Crippen LogP contribution in [0.3, 0.4) is 0 Å². The molecule has 0 radical (unpaired) electrons. The third-order valence-electron chi connectivity index (χ3n) is 4.27. The molecule has 1 unspecified atom stereocenters. The Bertz CT molecular complexity index is 649. The van der Waals surface area contributed by atoms with Crippen molar-refractivity contribution in [1.82, 2.24) is 14.6 Å². The summed E-state index contributed by atoms with van der Waals surface area (Å²) < 4.78 is 7.60. The summed E-state index contributed by atoms with van der Waals surface area (Å²) in [5.74, 6) is 0.845. The predicted octanol–water partition coefficient (Wildman–Crippen LogP) is 2.47. The highest BCUT2D eigenvalue weighted by Crippen LogP contribution is 2.20. The molecular formula is C17H26N4O2. The van der Waals surface area contributed by atoms with Crippen LogP contribution in [0.25, 0.3) is 5.65 Å². The number of aliphatic hydroxyl groups excluding tert-OH is 1. The van der Waals surface area contributed by atoms with Gasteiger partial charge >= 0.3 is 0 Å². The second kappa shape index (κ2) is 7.27. The van der Waals surface area contributed by atoms with Crippen LogP contribution in [0, 0.1) is 13.8 Å². The normalized spacial score (nSPS) is 17.5. The molecule has 3 rings (SSSR count). The number of nitrogens with zero attached hydrogens (tertiary/aromatic N) is 3. The second-order valence-electron chi connectivity index (χ2n) is 6.47. The summed E-state index contributed by atoms with van der Waals surface area (Å²) in [7, 11) is 0. The van der Waals surface area contributed by atoms with Gasteiger partial charge in [0, 0.05) is 24.4 Å². The number of anilines is 1. The van der Waals surface area contributed by atoms with E-state index in [1.54, 1.807) is 4.52 Å². The maximum absolute atomic E-state index is 10.2. The molecule has 2 heterocycles. The monoisotopic (exact) mass is 318 g/mol. The molecule has 2 N–H and O–H groups in total. The smallest absolute Gasteiger partial charge is 0.157 e. The molecule has 23 heavy (non-hydrogen) atoms. The van der Waals surface area contributed by atoms with Crippen LogP contribution < -0.4 is 5.32 Å². The van der Waals surface area contributed by atoms with Crippen LogP contribution in [0.4, 0.5) is 5.82 Å². The summed E-state index contributed by atoms with van der Waals surface area (Å²) in [5, 5.41) is 17.8. The molecule has 1 fully saturated rings. The molecule has 1 saturated carbocycles. The number of nitrogens with one attached hydrogen (secondary N) is 1. The molecule has 0 saturated heterocycles. The Balaban J connectivity index is 1.55. The number of ether oxygens (including phenoxy) is 1. The maximum Gasteiger partial charge on any atom is 0.157 e. The highest BCUT2D eigenvalue weighted by atomic mass is 16.5. The number of hydrogen-bond donors (Lipinski definition) is 2. The van der Waals surface area contributed by atoms with Gasteiger partial charge in [0.15, 0.2) is 5.65 Å². The summed E-state index contributed by atoms with van der Waals surface area (Å²) >= 11 is 0. The van der Waals surface area contributed by atoms with Crippen LogP contribution >= 0.6 is 0 Å². The van der Waals surface area contributed by atoms with Crippen LogP contribution in [-0.4, -0.2) is 45.1 Å². The Morgan fingerprint density at radius 3 is 2.83 bits per heavy atom. The molecule has 126 valence electrons. The molecule has 2 aromatic rings. The standard InChI is InChI=1S/C17H26N4O2/c1-12-8-16(21-17(19-12)9-13(2)20-21)18-10-14(22)11-23-15-6-4-3-5-7-15/h8-9,14-15,18,22H,3-7,10-11H2,1-2H3. The van der Waals surface area contributed by atoms with E-state index >= 15 is 0 Å². The minimum Gasteiger partial charge on any atom is -0.389 e. The van der Waals surface area contributed by atoms with Gasteiger partial charge in [-0.1, -0.05) is 19.3 Å². The van der Waals surface area contributed by atoms with E-state index in [0.29, 0.717) is 19.3 Å². The second-order valence-corrected chi connectivity index (χ2v) is 6.47. The molecule has 1 aliphatic carbocycles. The number of rotatable bonds is 6. The molecular weight excluding hydrogens is 292 g/mol. The van der Waals surface area contributed by atoms with Gasteiger partial charge in [0.25, 0.3) is 0 Å². The lowest BCUT2D eigenvalue weighted by molar-refractivity contribution is -0.0195. The van der Waals surface area contributed by atoms with E-state index in [1.807, 2.05) is 26.0 Å². The Hall–Kier alpha value is -1.66. The zero-order valence-electron chi connectivity index (χ0n) is 14.0. The summed E-state index contributed by atoms with van der Waals surface area (Å²) in [6.45, 7) is 4.71. The third kappa shape index (κ3) is 4.20. The van der Waals surface area contributed by atoms with Gasteiger partial charge in [0.1, 0.15) is 5.82 Å². The quantitative estimate of drug-likeness (QED) is 0.856. The highest BCUT2D eigenvalue weighted by molar-refractivity contribution is 5.50. The van der Waals surface area contributed by atoms with Gasteiger partial charge in [0.2, 0.25) is 0 Å². The minimum atomic E-state index is -0.530. The molecule has 0 amide bonds. The summed E-state index contributed by atoms with van der Waals surface area (Å²) in [5.41, 5.74) is 2.66. The Kier molecular flexibility index (Phi) is 5.13. The van der Waals surface area contributed by atoms with E-state index in [0.717, 1.165) is 35.7 Å². The highest BCUT2D eigenvalue weighted by Gasteiger charge is 2.16. The van der Waals surface area contributed by atoms with E-state index in [4.69, 9.17) is 4.74 Å². The van der Waals surface area contributed by atoms with Gasteiger partial charge in [-0.2, -0.15) is 9.61 Å². The van der Waals surface area contributed by atoms with E-state index in [-0.39, 0.29) is 0 Å². The summed E-state index contributed by atoms with van der Waals surface area (Å²) in [6, 6.07) is 3.88. The summed E-state index contributed by atoms with van der Waals surface area (Å²) in [6.07, 6.45) is 5.83. The molecule has 1 atom stereocenters. The van der Waals surface area contributed by atoms with Gasteiger partial charge in [-0.05, 0) is 26.7 Å². The van der Waals surface area contributed by atoms with E-state index in [1.165, 1.54) is 19.3 Å². The van der Waals surface area contributed by atoms with E-state index in [2.05, 4.69) is 15.4 Å². The largest absolute Gasteiger partial charge is 0.389 e. The first-order valence-electron chi connectivity index (χ1n) is 8.49. The van der Waals surface area contributed by atoms with Gasteiger partial charge < -0.3 is 15.2 Å². The number of hydrogen-bond acceptors (Lipinski definition) is 5. The molecule has 0 bridgehead atoms. The molecule has 1 aliphatic rings. The number of aliphatic hydroxyl groups is 1. The van der Waals surface area contributed by atoms with Crippen LogP contribution in [0.5, 0.6) is 0 Å². The number of aryl methyl sites for hydroxylation is 2. The SMILES string of the molecule is Cc1cc(NCC(O)COC2CCCCC2)n2nc(C)cc2n1. The van der Waals surface area contributed by atoms with Crippen LogP contribution in [0.15, 0.2) is 12.1 Å². The fraction of sp³-hybridized carbons (Fsp3) is 0.647. The van der Waals surface area contributed by atoms with Gasteiger partial charge in [-0.3, -0.25) is 0 Å². The average molecular weight is 318 g/mol. The maximum atomic E-state index is 10.2. The van der Waals surface area contributed by atoms with Gasteiger partial charge in [-0.15, -0.1) is 0 Å². The first-order valence-corrected chi connectivity index (χ1v) is 8.49. The molecule has 2 aromatic heterocycles. The average Bonchev–Trinajstić information content (AvgIpc) is 2.91. The van der Waals surface area contributed by atoms with Crippen molar-refractivity contribution in [2.24, 2.45) is 0 Å². The lowest BCUT2D eigenvalue weighted by Crippen LogP contribution is -2.29. The van der Waals surface area contributed by atoms with E-state index < -0.39 is 6.10 Å². The first-order chi connectivity index (χ1) is 11.1. The Morgan fingerprint density at radius 1 is 1.26 bits per heavy atom. The fourth-order valence-electron chi connectivity index (χ4n) is 3.10. The molecule has 0 aromatic carbocycles. The Morgan fingerprint density at radius 2 is 2.04 bits per heavy atom. The van der Waals surface area contributed by atoms with Crippen molar-refractivity contribution in [2.75, 3.05) is 18.5 Å². The van der Waals surface area contributed by atoms with Crippen molar-refractivity contribution in [1.29, 1.82) is 0 Å². The van der Waals surface area contributed by atoms with Gasteiger partial charge in [-0.25, -0.2) is 4.98 Å². The summed E-state index contributed by atoms with van der Waals surface area (Å²) in [4.78, 5) is 4.46. The zero-order valence-corrected chi connectivity index (χ0v) is 14.0. The van der Waals surface area contributed by atoms with Crippen LogP contribution in [0.1, 0.15) is 43.5 Å². The van der Waals surface area contributed by atoms with E-state index in [9.17, 15) is 5.11 Å². The van der Waals surface area contributed by atoms with Crippen LogP contribution in [0.2, 0.25) is 0 Å². The lowest BCUT2D eigenvalue weighted by Gasteiger charge is -2.23. The van der Waals surface area contributed by atoms with Crippen molar-refractivity contribution in [3.63, 3.8) is 0 Å². The van der Waals surface area contributed by atoms with Crippen molar-refractivity contribution in [3.8, 4) is 0 Å². The number of aromatic nitrogens is 3. The topological polar surface area (TPSA) is 71.7 Å². The lowest BCUT2D eigenvalue weighted by atomic mass is 9.98. The van der Waals surface area contributed by atoms with Crippen molar-refractivity contribution in [3.05, 3.63) is 23.5 Å². The first kappa shape index (κ1) is 16.2. The predicted molar refractivity (Wildman–Crippen MR) is 89.8 cm³/mol. The molecule has 6 nitrogen and oxygen atoms in total. The molecule has 0 aliphatic heterocycles. The minimum absolute atomic E-state index is 0.321. The molecule has 6 heteroatoms. The third-order valence-corrected chi connectivity index (χ3v) is 4.27. The zero-order chi connectivity index (χ0) is 16.2. The van der Waals surface area contributed by atoms with Crippen LogP contribution in [-0.2, 0) is 4.74 Å². The fourth-order valence-corrected chi connectivity index (χ4v) is 3.10. The Labute approximate surface area is 136 Å². The van der Waals surface area contributed by atoms with Crippen molar-refractivity contribution < 1.29 is 9.84 Å².